The third kappa shape index (κ3) is 4.31. The first-order valence-corrected chi connectivity index (χ1v) is 6.80. The summed E-state index contributed by atoms with van der Waals surface area (Å²) in [5.74, 6) is 1.26. The Morgan fingerprint density at radius 3 is 2.82 bits per heavy atom. The summed E-state index contributed by atoms with van der Waals surface area (Å²) in [4.78, 5) is 4.20. The summed E-state index contributed by atoms with van der Waals surface area (Å²) in [6, 6.07) is 4.64. The van der Waals surface area contributed by atoms with Crippen molar-refractivity contribution in [3.63, 3.8) is 0 Å². The summed E-state index contributed by atoms with van der Waals surface area (Å²) in [6.07, 6.45) is 1.68. The van der Waals surface area contributed by atoms with Crippen LogP contribution in [0.25, 0.3) is 0 Å². The Kier molecular flexibility index (Phi) is 5.51. The zero-order valence-electron chi connectivity index (χ0n) is 12.3. The van der Waals surface area contributed by atoms with E-state index in [4.69, 9.17) is 9.26 Å². The second-order valence-electron chi connectivity index (χ2n) is 4.45. The molecule has 2 rings (SSSR count). The largest absolute Gasteiger partial charge is 0.493 e. The summed E-state index contributed by atoms with van der Waals surface area (Å²) in [5.41, 5.74) is 0.576. The number of rotatable bonds is 8. The van der Waals surface area contributed by atoms with Crippen molar-refractivity contribution in [3.05, 3.63) is 29.9 Å². The van der Waals surface area contributed by atoms with Gasteiger partial charge in [0.2, 0.25) is 5.89 Å². The van der Waals surface area contributed by atoms with Crippen molar-refractivity contribution in [2.24, 2.45) is 0 Å². The van der Waals surface area contributed by atoms with Crippen molar-refractivity contribution < 1.29 is 22.8 Å². The van der Waals surface area contributed by atoms with E-state index in [0.717, 1.165) is 12.8 Å². The maximum atomic E-state index is 12.4. The van der Waals surface area contributed by atoms with E-state index < -0.39 is 6.61 Å². The standard InChI is InChI=1S/C14H17F2N3O3/c1-3-4-12-18-13(22-19-12)8-17-9-5-6-10(20-2)11(7-9)21-14(15)16/h5-7,14,17H,3-4,8H2,1-2H3. The molecule has 8 heteroatoms. The third-order valence-corrected chi connectivity index (χ3v) is 2.81. The molecule has 0 atom stereocenters. The fraction of sp³-hybridized carbons (Fsp3) is 0.429. The normalized spacial score (nSPS) is 10.8. The highest BCUT2D eigenvalue weighted by molar-refractivity contribution is 5.54. The predicted molar refractivity (Wildman–Crippen MR) is 75.2 cm³/mol. The van der Waals surface area contributed by atoms with Crippen LogP contribution in [0, 0.1) is 0 Å². The molecule has 0 aliphatic heterocycles. The van der Waals surface area contributed by atoms with Gasteiger partial charge in [-0.25, -0.2) is 0 Å². The molecule has 0 amide bonds. The molecule has 0 bridgehead atoms. The Morgan fingerprint density at radius 1 is 1.32 bits per heavy atom. The zero-order valence-corrected chi connectivity index (χ0v) is 12.3. The average Bonchev–Trinajstić information content (AvgIpc) is 2.93. The van der Waals surface area contributed by atoms with Crippen LogP contribution in [-0.4, -0.2) is 23.9 Å². The number of anilines is 1. The highest BCUT2D eigenvalue weighted by atomic mass is 19.3. The number of aromatic nitrogens is 2. The van der Waals surface area contributed by atoms with Gasteiger partial charge in [-0.15, -0.1) is 0 Å². The lowest BCUT2D eigenvalue weighted by Gasteiger charge is -2.12. The number of benzene rings is 1. The number of nitrogens with one attached hydrogen (secondary N) is 1. The number of ether oxygens (including phenoxy) is 2. The molecule has 2 aromatic rings. The predicted octanol–water partition coefficient (Wildman–Crippen LogP) is 3.24. The Morgan fingerprint density at radius 2 is 2.14 bits per heavy atom. The molecule has 22 heavy (non-hydrogen) atoms. The van der Waals surface area contributed by atoms with E-state index in [1.165, 1.54) is 19.2 Å². The molecule has 0 aliphatic rings. The van der Waals surface area contributed by atoms with Crippen LogP contribution in [0.3, 0.4) is 0 Å². The van der Waals surface area contributed by atoms with Crippen molar-refractivity contribution in [1.82, 2.24) is 10.1 Å². The second kappa shape index (κ2) is 7.58. The molecule has 1 heterocycles. The monoisotopic (exact) mass is 313 g/mol. The molecule has 0 radical (unpaired) electrons. The van der Waals surface area contributed by atoms with Crippen LogP contribution in [-0.2, 0) is 13.0 Å². The lowest BCUT2D eigenvalue weighted by molar-refractivity contribution is -0.0511. The maximum absolute atomic E-state index is 12.4. The molecule has 6 nitrogen and oxygen atoms in total. The van der Waals surface area contributed by atoms with E-state index >= 15 is 0 Å². The van der Waals surface area contributed by atoms with Crippen LogP contribution in [0.4, 0.5) is 14.5 Å². The van der Waals surface area contributed by atoms with Gasteiger partial charge in [0.15, 0.2) is 17.3 Å². The van der Waals surface area contributed by atoms with Crippen LogP contribution in [0.5, 0.6) is 11.5 Å². The van der Waals surface area contributed by atoms with E-state index in [0.29, 0.717) is 17.4 Å². The van der Waals surface area contributed by atoms with Crippen molar-refractivity contribution in [2.45, 2.75) is 32.9 Å². The summed E-state index contributed by atoms with van der Waals surface area (Å²) in [5, 5.41) is 6.84. The highest BCUT2D eigenvalue weighted by Gasteiger charge is 2.12. The first-order chi connectivity index (χ1) is 10.6. The van der Waals surface area contributed by atoms with Crippen LogP contribution < -0.4 is 14.8 Å². The van der Waals surface area contributed by atoms with E-state index in [2.05, 4.69) is 20.2 Å². The van der Waals surface area contributed by atoms with Gasteiger partial charge in [0.1, 0.15) is 0 Å². The van der Waals surface area contributed by atoms with Gasteiger partial charge in [0, 0.05) is 18.2 Å². The van der Waals surface area contributed by atoms with E-state index in [1.54, 1.807) is 6.07 Å². The first kappa shape index (κ1) is 16.0. The van der Waals surface area contributed by atoms with E-state index in [9.17, 15) is 8.78 Å². The van der Waals surface area contributed by atoms with Gasteiger partial charge in [0.25, 0.3) is 0 Å². The number of hydrogen-bond donors (Lipinski definition) is 1. The Labute approximate surface area is 126 Å². The summed E-state index contributed by atoms with van der Waals surface area (Å²) < 4.78 is 39.2. The van der Waals surface area contributed by atoms with E-state index in [-0.39, 0.29) is 18.0 Å². The van der Waals surface area contributed by atoms with Crippen molar-refractivity contribution in [1.29, 1.82) is 0 Å². The van der Waals surface area contributed by atoms with Crippen molar-refractivity contribution in [2.75, 3.05) is 12.4 Å². The molecule has 0 saturated heterocycles. The summed E-state index contributed by atoms with van der Waals surface area (Å²) >= 11 is 0. The van der Waals surface area contributed by atoms with E-state index in [1.807, 2.05) is 6.92 Å². The van der Waals surface area contributed by atoms with Gasteiger partial charge >= 0.3 is 6.61 Å². The number of alkyl halides is 2. The molecule has 0 saturated carbocycles. The van der Waals surface area contributed by atoms with Gasteiger partial charge in [-0.3, -0.25) is 0 Å². The molecule has 120 valence electrons. The minimum absolute atomic E-state index is 0.0419. The number of hydrogen-bond acceptors (Lipinski definition) is 6. The first-order valence-electron chi connectivity index (χ1n) is 6.80. The van der Waals surface area contributed by atoms with Gasteiger partial charge in [-0.05, 0) is 18.6 Å². The van der Waals surface area contributed by atoms with Crippen LogP contribution >= 0.6 is 0 Å². The quantitative estimate of drug-likeness (QED) is 0.807. The molecule has 1 aromatic carbocycles. The van der Waals surface area contributed by atoms with Gasteiger partial charge in [-0.2, -0.15) is 13.8 Å². The lowest BCUT2D eigenvalue weighted by atomic mass is 10.2. The second-order valence-corrected chi connectivity index (χ2v) is 4.45. The zero-order chi connectivity index (χ0) is 15.9. The number of nitrogens with zero attached hydrogens (tertiary/aromatic N) is 2. The van der Waals surface area contributed by atoms with Crippen molar-refractivity contribution >= 4 is 5.69 Å². The number of aryl methyl sites for hydroxylation is 1. The van der Waals surface area contributed by atoms with Gasteiger partial charge < -0.3 is 19.3 Å². The van der Waals surface area contributed by atoms with Crippen LogP contribution in [0.1, 0.15) is 25.1 Å². The minimum Gasteiger partial charge on any atom is -0.493 e. The highest BCUT2D eigenvalue weighted by Crippen LogP contribution is 2.31. The van der Waals surface area contributed by atoms with Crippen LogP contribution in [0.2, 0.25) is 0 Å². The molecule has 1 aromatic heterocycles. The molecular weight excluding hydrogens is 296 g/mol. The Balaban J connectivity index is 2.02. The van der Waals surface area contributed by atoms with Gasteiger partial charge in [0.05, 0.1) is 13.7 Å². The molecule has 0 aliphatic carbocycles. The smallest absolute Gasteiger partial charge is 0.387 e. The summed E-state index contributed by atoms with van der Waals surface area (Å²) in [6.45, 7) is -0.607. The van der Waals surface area contributed by atoms with Crippen molar-refractivity contribution in [3.8, 4) is 11.5 Å². The molecule has 0 fully saturated rings. The maximum Gasteiger partial charge on any atom is 0.387 e. The molecule has 0 unspecified atom stereocenters. The Bertz CT molecular complexity index is 605. The molecule has 0 spiro atoms. The number of halogens is 2. The fourth-order valence-corrected chi connectivity index (χ4v) is 1.84. The average molecular weight is 313 g/mol. The van der Waals surface area contributed by atoms with Gasteiger partial charge in [-0.1, -0.05) is 12.1 Å². The molecule has 1 N–H and O–H groups in total. The topological polar surface area (TPSA) is 69.4 Å². The number of methoxy groups -OCH3 is 1. The molecular formula is C14H17F2N3O3. The SMILES string of the molecule is CCCc1noc(CNc2ccc(OC)c(OC(F)F)c2)n1. The summed E-state index contributed by atoms with van der Waals surface area (Å²) in [7, 11) is 1.38. The third-order valence-electron chi connectivity index (χ3n) is 2.81. The lowest BCUT2D eigenvalue weighted by Crippen LogP contribution is -2.05. The minimum atomic E-state index is -2.92. The van der Waals surface area contributed by atoms with Crippen LogP contribution in [0.15, 0.2) is 22.7 Å². The fourth-order valence-electron chi connectivity index (χ4n) is 1.84. The Hall–Kier alpha value is -2.38.